The summed E-state index contributed by atoms with van der Waals surface area (Å²) in [6.07, 6.45) is 0.425. The molecule has 0 N–H and O–H groups in total. The topological polar surface area (TPSA) is 117 Å². The average molecular weight is 491 g/mol. The number of aromatic nitrogens is 3. The Labute approximate surface area is 208 Å². The lowest BCUT2D eigenvalue weighted by molar-refractivity contribution is -0.128. The second-order valence-corrected chi connectivity index (χ2v) is 8.23. The van der Waals surface area contributed by atoms with Crippen LogP contribution in [-0.4, -0.2) is 58.1 Å². The molecular formula is C25H26N6O3S. The van der Waals surface area contributed by atoms with E-state index >= 15 is 0 Å². The summed E-state index contributed by atoms with van der Waals surface area (Å²) in [5, 5.41) is 27.1. The molecule has 1 amide bonds. The van der Waals surface area contributed by atoms with E-state index in [1.54, 1.807) is 12.0 Å². The molecule has 0 saturated carbocycles. The van der Waals surface area contributed by atoms with Gasteiger partial charge in [-0.1, -0.05) is 23.9 Å². The minimum Gasteiger partial charge on any atom is -0.497 e. The van der Waals surface area contributed by atoms with Gasteiger partial charge in [-0.2, -0.15) is 10.5 Å². The molecule has 0 radical (unpaired) electrons. The molecule has 1 aromatic heterocycles. The van der Waals surface area contributed by atoms with E-state index in [0.717, 1.165) is 17.0 Å². The maximum Gasteiger partial charge on any atom is 0.233 e. The third-order valence-corrected chi connectivity index (χ3v) is 5.95. The van der Waals surface area contributed by atoms with Crippen molar-refractivity contribution in [1.29, 1.82) is 10.5 Å². The lowest BCUT2D eigenvalue weighted by Gasteiger charge is -2.20. The summed E-state index contributed by atoms with van der Waals surface area (Å²) in [4.78, 5) is 14.4. The number of methoxy groups -OCH3 is 1. The van der Waals surface area contributed by atoms with E-state index in [1.165, 1.54) is 11.8 Å². The van der Waals surface area contributed by atoms with Crippen LogP contribution in [0.4, 0.5) is 0 Å². The van der Waals surface area contributed by atoms with Gasteiger partial charge in [0.25, 0.3) is 0 Å². The molecule has 0 fully saturated rings. The van der Waals surface area contributed by atoms with Crippen LogP contribution in [0.25, 0.3) is 17.1 Å². The zero-order chi connectivity index (χ0) is 25.0. The minimum absolute atomic E-state index is 0.101. The van der Waals surface area contributed by atoms with Gasteiger partial charge in [-0.25, -0.2) is 0 Å². The molecule has 1 heterocycles. The van der Waals surface area contributed by atoms with Crippen LogP contribution in [0.3, 0.4) is 0 Å². The lowest BCUT2D eigenvalue weighted by Crippen LogP contribution is -2.34. The number of hydrogen-bond acceptors (Lipinski definition) is 8. The maximum atomic E-state index is 12.8. The van der Waals surface area contributed by atoms with Crippen molar-refractivity contribution < 1.29 is 14.3 Å². The van der Waals surface area contributed by atoms with Gasteiger partial charge in [-0.05, 0) is 43.3 Å². The molecule has 0 saturated heterocycles. The number of nitrogens with zero attached hydrogens (tertiary/aromatic N) is 6. The number of benzene rings is 2. The van der Waals surface area contributed by atoms with Gasteiger partial charge >= 0.3 is 0 Å². The van der Waals surface area contributed by atoms with E-state index in [2.05, 4.69) is 10.2 Å². The molecule has 35 heavy (non-hydrogen) atoms. The Morgan fingerprint density at radius 2 is 1.77 bits per heavy atom. The Hall–Kier alpha value is -4.02. The Morgan fingerprint density at radius 1 is 1.06 bits per heavy atom. The van der Waals surface area contributed by atoms with Gasteiger partial charge in [0, 0.05) is 24.3 Å². The third-order valence-electron chi connectivity index (χ3n) is 5.03. The highest BCUT2D eigenvalue weighted by atomic mass is 32.2. The molecule has 3 aromatic rings. The van der Waals surface area contributed by atoms with Crippen molar-refractivity contribution in [2.24, 2.45) is 0 Å². The molecule has 10 heteroatoms. The second kappa shape index (κ2) is 13.0. The van der Waals surface area contributed by atoms with Crippen molar-refractivity contribution in [3.63, 3.8) is 0 Å². The minimum atomic E-state index is -0.162. The summed E-state index contributed by atoms with van der Waals surface area (Å²) >= 11 is 1.25. The molecule has 0 atom stereocenters. The fourth-order valence-corrected chi connectivity index (χ4v) is 4.21. The number of carbonyl (C=O) groups excluding carboxylic acids is 1. The van der Waals surface area contributed by atoms with Crippen LogP contribution >= 0.6 is 11.8 Å². The van der Waals surface area contributed by atoms with Gasteiger partial charge < -0.3 is 14.4 Å². The third kappa shape index (κ3) is 6.75. The van der Waals surface area contributed by atoms with Crippen LogP contribution in [0.1, 0.15) is 19.8 Å². The molecule has 3 rings (SSSR count). The van der Waals surface area contributed by atoms with Crippen molar-refractivity contribution in [3.8, 4) is 40.7 Å². The van der Waals surface area contributed by atoms with E-state index in [1.807, 2.05) is 72.2 Å². The summed E-state index contributed by atoms with van der Waals surface area (Å²) in [7, 11) is 1.60. The number of nitriles is 2. The molecule has 0 aliphatic carbocycles. The normalized spacial score (nSPS) is 10.3. The first kappa shape index (κ1) is 25.6. The second-order valence-electron chi connectivity index (χ2n) is 7.29. The van der Waals surface area contributed by atoms with Crippen LogP contribution in [-0.2, 0) is 4.79 Å². The summed E-state index contributed by atoms with van der Waals surface area (Å²) in [5.74, 6) is 1.99. The number of amides is 1. The smallest absolute Gasteiger partial charge is 0.233 e. The van der Waals surface area contributed by atoms with Crippen LogP contribution in [0.5, 0.6) is 11.5 Å². The molecule has 0 spiro atoms. The van der Waals surface area contributed by atoms with E-state index < -0.39 is 0 Å². The zero-order valence-corrected chi connectivity index (χ0v) is 20.5. The van der Waals surface area contributed by atoms with Crippen LogP contribution in [0, 0.1) is 22.7 Å². The maximum absolute atomic E-state index is 12.8. The lowest BCUT2D eigenvalue weighted by atomic mass is 10.2. The summed E-state index contributed by atoms with van der Waals surface area (Å²) in [6.45, 7) is 3.08. The number of thioether (sulfide) groups is 1. The molecule has 2 aromatic carbocycles. The first-order valence-corrected chi connectivity index (χ1v) is 12.1. The van der Waals surface area contributed by atoms with Gasteiger partial charge in [-0.15, -0.1) is 10.2 Å². The highest BCUT2D eigenvalue weighted by Gasteiger charge is 2.20. The van der Waals surface area contributed by atoms with Crippen LogP contribution in [0.2, 0.25) is 0 Å². The van der Waals surface area contributed by atoms with Crippen molar-refractivity contribution in [2.75, 3.05) is 32.6 Å². The fraction of sp³-hybridized carbons (Fsp3) is 0.320. The summed E-state index contributed by atoms with van der Waals surface area (Å²) in [5.41, 5.74) is 1.63. The molecular weight excluding hydrogens is 464 g/mol. The van der Waals surface area contributed by atoms with Gasteiger partial charge in [0.05, 0.1) is 44.4 Å². The average Bonchev–Trinajstić information content (AvgIpc) is 3.32. The molecule has 0 aliphatic heterocycles. The largest absolute Gasteiger partial charge is 0.497 e. The van der Waals surface area contributed by atoms with Gasteiger partial charge in [0.15, 0.2) is 11.0 Å². The van der Waals surface area contributed by atoms with Gasteiger partial charge in [0.2, 0.25) is 5.91 Å². The van der Waals surface area contributed by atoms with Crippen molar-refractivity contribution in [3.05, 3.63) is 48.5 Å². The summed E-state index contributed by atoms with van der Waals surface area (Å²) in [6, 6.07) is 19.2. The standard InChI is InChI=1S/C25H26N6O3S/c1-3-34-21-11-9-20(10-12-21)31-24(19-7-4-8-22(17-19)33-2)28-29-25(31)35-18-23(32)30(15-5-13-26)16-6-14-27/h4,7-12,17H,3,5-6,15-16,18H2,1-2H3. The number of ether oxygens (including phenoxy) is 2. The fourth-order valence-electron chi connectivity index (χ4n) is 3.35. The predicted molar refractivity (Wildman–Crippen MR) is 132 cm³/mol. The molecule has 0 unspecified atom stereocenters. The number of hydrogen-bond donors (Lipinski definition) is 0. The Morgan fingerprint density at radius 3 is 2.40 bits per heavy atom. The zero-order valence-electron chi connectivity index (χ0n) is 19.7. The van der Waals surface area contributed by atoms with Gasteiger partial charge in [0.1, 0.15) is 11.5 Å². The Kier molecular flexibility index (Phi) is 9.52. The van der Waals surface area contributed by atoms with Crippen LogP contribution in [0.15, 0.2) is 53.7 Å². The molecule has 0 aliphatic rings. The Balaban J connectivity index is 1.92. The monoisotopic (exact) mass is 490 g/mol. The van der Waals surface area contributed by atoms with Gasteiger partial charge in [-0.3, -0.25) is 9.36 Å². The van der Waals surface area contributed by atoms with Crippen molar-refractivity contribution in [2.45, 2.75) is 24.9 Å². The van der Waals surface area contributed by atoms with E-state index in [0.29, 0.717) is 23.3 Å². The molecule has 0 bridgehead atoms. The first-order chi connectivity index (χ1) is 17.1. The van der Waals surface area contributed by atoms with Crippen LogP contribution < -0.4 is 9.47 Å². The SMILES string of the molecule is CCOc1ccc(-n2c(SCC(=O)N(CCC#N)CCC#N)nnc2-c2cccc(OC)c2)cc1. The summed E-state index contributed by atoms with van der Waals surface area (Å²) < 4.78 is 12.8. The molecule has 180 valence electrons. The first-order valence-electron chi connectivity index (χ1n) is 11.1. The van der Waals surface area contributed by atoms with Crippen molar-refractivity contribution >= 4 is 17.7 Å². The number of carbonyl (C=O) groups is 1. The van der Waals surface area contributed by atoms with Crippen molar-refractivity contribution in [1.82, 2.24) is 19.7 Å². The quantitative estimate of drug-likeness (QED) is 0.349. The highest BCUT2D eigenvalue weighted by Crippen LogP contribution is 2.30. The van der Waals surface area contributed by atoms with E-state index in [9.17, 15) is 4.79 Å². The highest BCUT2D eigenvalue weighted by molar-refractivity contribution is 7.99. The van der Waals surface area contributed by atoms with E-state index in [4.69, 9.17) is 20.0 Å². The predicted octanol–water partition coefficient (Wildman–Crippen LogP) is 4.09. The molecule has 9 nitrogen and oxygen atoms in total. The number of rotatable bonds is 12. The Bertz CT molecular complexity index is 1200. The van der Waals surface area contributed by atoms with E-state index in [-0.39, 0.29) is 37.6 Å².